The highest BCUT2D eigenvalue weighted by Gasteiger charge is 2.02. The standard InChI is InChI=1S/C14H24N4O/c1-11(2)7-9-16-13-6-5-12(10-17-13)18-14(19)4-3-8-15/h5-6,10-11H,3-4,7-9,15H2,1-2H3,(H,16,17)(H,18,19). The van der Waals surface area contributed by atoms with Gasteiger partial charge in [0.2, 0.25) is 5.91 Å². The van der Waals surface area contributed by atoms with E-state index in [2.05, 4.69) is 29.5 Å². The summed E-state index contributed by atoms with van der Waals surface area (Å²) in [6, 6.07) is 3.73. The van der Waals surface area contributed by atoms with E-state index in [1.807, 2.05) is 12.1 Å². The minimum Gasteiger partial charge on any atom is -0.370 e. The average molecular weight is 264 g/mol. The van der Waals surface area contributed by atoms with Crippen LogP contribution in [0.2, 0.25) is 0 Å². The fraction of sp³-hybridized carbons (Fsp3) is 0.571. The van der Waals surface area contributed by atoms with Crippen LogP contribution < -0.4 is 16.4 Å². The quantitative estimate of drug-likeness (QED) is 0.672. The molecule has 1 heterocycles. The molecule has 1 rings (SSSR count). The van der Waals surface area contributed by atoms with Gasteiger partial charge in [-0.05, 0) is 37.4 Å². The number of amides is 1. The Labute approximate surface area is 115 Å². The second-order valence-corrected chi connectivity index (χ2v) is 4.98. The number of nitrogens with one attached hydrogen (secondary N) is 2. The summed E-state index contributed by atoms with van der Waals surface area (Å²) in [5.74, 6) is 1.49. The van der Waals surface area contributed by atoms with Crippen LogP contribution in [0.1, 0.15) is 33.1 Å². The Kier molecular flexibility index (Phi) is 6.89. The molecule has 0 aromatic carbocycles. The van der Waals surface area contributed by atoms with Gasteiger partial charge in [-0.25, -0.2) is 4.98 Å². The van der Waals surface area contributed by atoms with Crippen molar-refractivity contribution in [2.45, 2.75) is 33.1 Å². The van der Waals surface area contributed by atoms with Gasteiger partial charge < -0.3 is 16.4 Å². The van der Waals surface area contributed by atoms with Gasteiger partial charge >= 0.3 is 0 Å². The van der Waals surface area contributed by atoms with E-state index in [4.69, 9.17) is 5.73 Å². The zero-order valence-electron chi connectivity index (χ0n) is 11.8. The molecule has 0 saturated carbocycles. The summed E-state index contributed by atoms with van der Waals surface area (Å²) in [4.78, 5) is 15.8. The summed E-state index contributed by atoms with van der Waals surface area (Å²) in [6.45, 7) is 5.82. The predicted molar refractivity (Wildman–Crippen MR) is 79.1 cm³/mol. The molecule has 0 aliphatic rings. The zero-order chi connectivity index (χ0) is 14.1. The number of hydrogen-bond donors (Lipinski definition) is 3. The SMILES string of the molecule is CC(C)CCNc1ccc(NC(=O)CCCN)cn1. The Hall–Kier alpha value is -1.62. The molecule has 0 aliphatic carbocycles. The molecule has 0 radical (unpaired) electrons. The molecule has 0 bridgehead atoms. The van der Waals surface area contributed by atoms with E-state index in [0.717, 1.165) is 24.5 Å². The van der Waals surface area contributed by atoms with Crippen molar-refractivity contribution in [3.8, 4) is 0 Å². The van der Waals surface area contributed by atoms with Crippen LogP contribution in [0.25, 0.3) is 0 Å². The maximum atomic E-state index is 11.5. The lowest BCUT2D eigenvalue weighted by Crippen LogP contribution is -2.13. The molecule has 0 unspecified atom stereocenters. The van der Waals surface area contributed by atoms with Crippen LogP contribution in [-0.2, 0) is 4.79 Å². The maximum absolute atomic E-state index is 11.5. The van der Waals surface area contributed by atoms with Crippen molar-refractivity contribution in [2.75, 3.05) is 23.7 Å². The van der Waals surface area contributed by atoms with Gasteiger partial charge in [-0.1, -0.05) is 13.8 Å². The van der Waals surface area contributed by atoms with Gasteiger partial charge in [-0.2, -0.15) is 0 Å². The molecule has 106 valence electrons. The van der Waals surface area contributed by atoms with E-state index in [1.54, 1.807) is 6.20 Å². The number of rotatable bonds is 8. The Bertz CT molecular complexity index is 376. The van der Waals surface area contributed by atoms with Gasteiger partial charge in [0.15, 0.2) is 0 Å². The van der Waals surface area contributed by atoms with Gasteiger partial charge in [0.25, 0.3) is 0 Å². The van der Waals surface area contributed by atoms with Crippen LogP contribution in [0, 0.1) is 5.92 Å². The lowest BCUT2D eigenvalue weighted by atomic mass is 10.1. The molecule has 19 heavy (non-hydrogen) atoms. The van der Waals surface area contributed by atoms with Crippen molar-refractivity contribution < 1.29 is 4.79 Å². The fourth-order valence-electron chi connectivity index (χ4n) is 1.55. The molecule has 1 aromatic rings. The number of anilines is 2. The third-order valence-electron chi connectivity index (χ3n) is 2.68. The van der Waals surface area contributed by atoms with Gasteiger partial charge in [0, 0.05) is 13.0 Å². The smallest absolute Gasteiger partial charge is 0.224 e. The number of pyridine rings is 1. The molecule has 4 N–H and O–H groups in total. The first-order valence-electron chi connectivity index (χ1n) is 6.81. The summed E-state index contributed by atoms with van der Waals surface area (Å²) in [6.07, 6.45) is 3.93. The molecule has 1 amide bonds. The molecular weight excluding hydrogens is 240 g/mol. The molecular formula is C14H24N4O. The van der Waals surface area contributed by atoms with Gasteiger partial charge in [0.1, 0.15) is 5.82 Å². The van der Waals surface area contributed by atoms with Crippen LogP contribution in [0.5, 0.6) is 0 Å². The van der Waals surface area contributed by atoms with Gasteiger partial charge in [0.05, 0.1) is 11.9 Å². The van der Waals surface area contributed by atoms with Gasteiger partial charge in [-0.15, -0.1) is 0 Å². The van der Waals surface area contributed by atoms with Crippen molar-refractivity contribution in [2.24, 2.45) is 11.7 Å². The molecule has 0 saturated heterocycles. The topological polar surface area (TPSA) is 80.0 Å². The molecule has 5 nitrogen and oxygen atoms in total. The number of nitrogens with zero attached hydrogens (tertiary/aromatic N) is 1. The number of aromatic nitrogens is 1. The first-order chi connectivity index (χ1) is 9.11. The van der Waals surface area contributed by atoms with E-state index >= 15 is 0 Å². The highest BCUT2D eigenvalue weighted by Crippen LogP contribution is 2.10. The van der Waals surface area contributed by atoms with Crippen LogP contribution in [0.4, 0.5) is 11.5 Å². The first kappa shape index (κ1) is 15.4. The summed E-state index contributed by atoms with van der Waals surface area (Å²) < 4.78 is 0. The number of hydrogen-bond acceptors (Lipinski definition) is 4. The second kappa shape index (κ2) is 8.48. The number of carbonyl (C=O) groups excluding carboxylic acids is 1. The van der Waals surface area contributed by atoms with E-state index in [-0.39, 0.29) is 5.91 Å². The van der Waals surface area contributed by atoms with Crippen molar-refractivity contribution in [1.29, 1.82) is 0 Å². The average Bonchev–Trinajstić information content (AvgIpc) is 2.38. The van der Waals surface area contributed by atoms with Crippen molar-refractivity contribution in [1.82, 2.24) is 4.98 Å². The zero-order valence-corrected chi connectivity index (χ0v) is 11.8. The maximum Gasteiger partial charge on any atom is 0.224 e. The second-order valence-electron chi connectivity index (χ2n) is 4.98. The molecule has 0 spiro atoms. The highest BCUT2D eigenvalue weighted by molar-refractivity contribution is 5.90. The van der Waals surface area contributed by atoms with E-state index in [9.17, 15) is 4.79 Å². The first-order valence-corrected chi connectivity index (χ1v) is 6.81. The minimum atomic E-state index is -0.0206. The lowest BCUT2D eigenvalue weighted by molar-refractivity contribution is -0.116. The third-order valence-corrected chi connectivity index (χ3v) is 2.68. The van der Waals surface area contributed by atoms with Crippen molar-refractivity contribution in [3.63, 3.8) is 0 Å². The van der Waals surface area contributed by atoms with E-state index in [0.29, 0.717) is 25.3 Å². The molecule has 1 aromatic heterocycles. The number of nitrogens with two attached hydrogens (primary N) is 1. The largest absolute Gasteiger partial charge is 0.370 e. The van der Waals surface area contributed by atoms with Crippen LogP contribution in [0.15, 0.2) is 18.3 Å². The number of carbonyl (C=O) groups is 1. The predicted octanol–water partition coefficient (Wildman–Crippen LogP) is 2.22. The van der Waals surface area contributed by atoms with Crippen molar-refractivity contribution >= 4 is 17.4 Å². The Morgan fingerprint density at radius 1 is 1.42 bits per heavy atom. The normalized spacial score (nSPS) is 10.5. The minimum absolute atomic E-state index is 0.0206. The molecule has 0 fully saturated rings. The fourth-order valence-corrected chi connectivity index (χ4v) is 1.55. The summed E-state index contributed by atoms with van der Waals surface area (Å²) >= 11 is 0. The van der Waals surface area contributed by atoms with Gasteiger partial charge in [-0.3, -0.25) is 4.79 Å². The van der Waals surface area contributed by atoms with E-state index < -0.39 is 0 Å². The Morgan fingerprint density at radius 2 is 2.21 bits per heavy atom. The Morgan fingerprint density at radius 3 is 2.79 bits per heavy atom. The highest BCUT2D eigenvalue weighted by atomic mass is 16.1. The van der Waals surface area contributed by atoms with Crippen LogP contribution in [-0.4, -0.2) is 24.0 Å². The van der Waals surface area contributed by atoms with E-state index in [1.165, 1.54) is 0 Å². The molecule has 0 aliphatic heterocycles. The molecule has 5 heteroatoms. The monoisotopic (exact) mass is 264 g/mol. The Balaban J connectivity index is 2.36. The lowest BCUT2D eigenvalue weighted by Gasteiger charge is -2.09. The summed E-state index contributed by atoms with van der Waals surface area (Å²) in [5, 5.41) is 6.04. The van der Waals surface area contributed by atoms with Crippen LogP contribution in [0.3, 0.4) is 0 Å². The summed E-state index contributed by atoms with van der Waals surface area (Å²) in [5.41, 5.74) is 6.08. The third kappa shape index (κ3) is 6.76. The van der Waals surface area contributed by atoms with Crippen LogP contribution >= 0.6 is 0 Å². The van der Waals surface area contributed by atoms with Crippen molar-refractivity contribution in [3.05, 3.63) is 18.3 Å². The summed E-state index contributed by atoms with van der Waals surface area (Å²) in [7, 11) is 0. The molecule has 0 atom stereocenters.